The molecule has 0 spiro atoms. The number of rotatable bonds is 3. The average Bonchev–Trinajstić information content (AvgIpc) is 2.02. The van der Waals surface area contributed by atoms with E-state index >= 15 is 0 Å². The predicted octanol–water partition coefficient (Wildman–Crippen LogP) is 1.58. The van der Waals surface area contributed by atoms with Crippen molar-refractivity contribution >= 4 is 22.6 Å². The zero-order valence-electron chi connectivity index (χ0n) is 7.00. The van der Waals surface area contributed by atoms with Gasteiger partial charge in [0.1, 0.15) is 6.61 Å². The molecule has 1 rings (SSSR count). The van der Waals surface area contributed by atoms with Crippen molar-refractivity contribution in [1.29, 1.82) is 0 Å². The SMILES string of the molecule is CC(O)COc1cnc(F)cc1I. The molecule has 5 heteroatoms. The number of pyridine rings is 1. The van der Waals surface area contributed by atoms with Gasteiger partial charge < -0.3 is 9.84 Å². The third kappa shape index (κ3) is 3.43. The number of nitrogens with zero attached hydrogens (tertiary/aromatic N) is 1. The van der Waals surface area contributed by atoms with Crippen molar-refractivity contribution in [2.24, 2.45) is 0 Å². The van der Waals surface area contributed by atoms with Crippen molar-refractivity contribution in [3.05, 3.63) is 21.8 Å². The third-order valence-electron chi connectivity index (χ3n) is 1.27. The lowest BCUT2D eigenvalue weighted by atomic mass is 10.4. The molecule has 0 aliphatic carbocycles. The van der Waals surface area contributed by atoms with Crippen LogP contribution in [0.2, 0.25) is 0 Å². The van der Waals surface area contributed by atoms with Crippen LogP contribution in [0.1, 0.15) is 6.92 Å². The molecule has 0 radical (unpaired) electrons. The van der Waals surface area contributed by atoms with Gasteiger partial charge in [0.15, 0.2) is 5.75 Å². The van der Waals surface area contributed by atoms with E-state index < -0.39 is 12.1 Å². The Hall–Kier alpha value is -0.430. The molecule has 0 aliphatic heterocycles. The van der Waals surface area contributed by atoms with E-state index in [1.165, 1.54) is 12.3 Å². The summed E-state index contributed by atoms with van der Waals surface area (Å²) in [4.78, 5) is 3.44. The van der Waals surface area contributed by atoms with Gasteiger partial charge in [-0.05, 0) is 29.5 Å². The highest BCUT2D eigenvalue weighted by atomic mass is 127. The van der Waals surface area contributed by atoms with Crippen LogP contribution < -0.4 is 4.74 Å². The molecule has 1 heterocycles. The van der Waals surface area contributed by atoms with Gasteiger partial charge in [0, 0.05) is 6.07 Å². The van der Waals surface area contributed by atoms with Crippen LogP contribution in [0.3, 0.4) is 0 Å². The Morgan fingerprint density at radius 3 is 3.00 bits per heavy atom. The zero-order chi connectivity index (χ0) is 9.84. The van der Waals surface area contributed by atoms with E-state index in [0.29, 0.717) is 9.32 Å². The van der Waals surface area contributed by atoms with Gasteiger partial charge in [-0.3, -0.25) is 0 Å². The number of aliphatic hydroxyl groups excluding tert-OH is 1. The van der Waals surface area contributed by atoms with E-state index in [-0.39, 0.29) is 6.61 Å². The fraction of sp³-hybridized carbons (Fsp3) is 0.375. The second-order valence-corrected chi connectivity index (χ2v) is 3.76. The maximum atomic E-state index is 12.5. The zero-order valence-corrected chi connectivity index (χ0v) is 9.16. The fourth-order valence-electron chi connectivity index (χ4n) is 0.712. The Morgan fingerprint density at radius 2 is 2.46 bits per heavy atom. The van der Waals surface area contributed by atoms with Gasteiger partial charge in [-0.1, -0.05) is 0 Å². The van der Waals surface area contributed by atoms with Crippen LogP contribution in [0, 0.1) is 9.52 Å². The summed E-state index contributed by atoms with van der Waals surface area (Å²) < 4.78 is 18.3. The molecule has 1 aromatic heterocycles. The highest BCUT2D eigenvalue weighted by Crippen LogP contribution is 2.19. The van der Waals surface area contributed by atoms with E-state index in [1.807, 2.05) is 22.6 Å². The molecule has 0 aromatic carbocycles. The molecule has 1 aromatic rings. The van der Waals surface area contributed by atoms with Crippen molar-refractivity contribution in [2.75, 3.05) is 6.61 Å². The molecule has 0 saturated carbocycles. The Bertz CT molecular complexity index is 293. The van der Waals surface area contributed by atoms with Gasteiger partial charge in [0.2, 0.25) is 5.95 Å². The van der Waals surface area contributed by atoms with E-state index in [0.717, 1.165) is 0 Å². The Kier molecular flexibility index (Phi) is 3.86. The summed E-state index contributed by atoms with van der Waals surface area (Å²) in [5.41, 5.74) is 0. The van der Waals surface area contributed by atoms with E-state index in [9.17, 15) is 4.39 Å². The predicted molar refractivity (Wildman–Crippen MR) is 54.1 cm³/mol. The molecule has 13 heavy (non-hydrogen) atoms. The van der Waals surface area contributed by atoms with Gasteiger partial charge in [0.05, 0.1) is 15.9 Å². The number of aromatic nitrogens is 1. The first-order chi connectivity index (χ1) is 6.09. The largest absolute Gasteiger partial charge is 0.488 e. The number of ether oxygens (including phenoxy) is 1. The second-order valence-electron chi connectivity index (χ2n) is 2.60. The lowest BCUT2D eigenvalue weighted by molar-refractivity contribution is 0.122. The normalized spacial score (nSPS) is 12.6. The third-order valence-corrected chi connectivity index (χ3v) is 2.11. The summed E-state index contributed by atoms with van der Waals surface area (Å²) in [5, 5.41) is 8.94. The maximum absolute atomic E-state index is 12.5. The molecule has 1 atom stereocenters. The van der Waals surface area contributed by atoms with Crippen molar-refractivity contribution in [1.82, 2.24) is 4.98 Å². The monoisotopic (exact) mass is 297 g/mol. The number of hydrogen-bond donors (Lipinski definition) is 1. The molecule has 0 fully saturated rings. The summed E-state index contributed by atoms with van der Waals surface area (Å²) in [5.74, 6) is -0.0447. The summed E-state index contributed by atoms with van der Waals surface area (Å²) in [6.45, 7) is 1.80. The highest BCUT2D eigenvalue weighted by Gasteiger charge is 2.04. The molecular weight excluding hydrogens is 288 g/mol. The molecule has 0 bridgehead atoms. The van der Waals surface area contributed by atoms with Crippen LogP contribution in [-0.4, -0.2) is 22.8 Å². The molecule has 0 amide bonds. The number of halogens is 2. The van der Waals surface area contributed by atoms with Crippen LogP contribution in [0.15, 0.2) is 12.3 Å². The average molecular weight is 297 g/mol. The van der Waals surface area contributed by atoms with Crippen molar-refractivity contribution in [3.8, 4) is 5.75 Å². The first-order valence-corrected chi connectivity index (χ1v) is 4.79. The molecule has 0 aliphatic rings. The van der Waals surface area contributed by atoms with Crippen LogP contribution in [0.25, 0.3) is 0 Å². The molecule has 0 saturated heterocycles. The molecule has 3 nitrogen and oxygen atoms in total. The molecular formula is C8H9FINO2. The van der Waals surface area contributed by atoms with E-state index in [2.05, 4.69) is 4.98 Å². The van der Waals surface area contributed by atoms with E-state index in [4.69, 9.17) is 9.84 Å². The quantitative estimate of drug-likeness (QED) is 0.680. The summed E-state index contributed by atoms with van der Waals surface area (Å²) in [6, 6.07) is 1.28. The smallest absolute Gasteiger partial charge is 0.214 e. The maximum Gasteiger partial charge on any atom is 0.214 e. The summed E-state index contributed by atoms with van der Waals surface area (Å²) in [7, 11) is 0. The second kappa shape index (κ2) is 4.71. The fourth-order valence-corrected chi connectivity index (χ4v) is 1.26. The first kappa shape index (κ1) is 10.6. The minimum atomic E-state index is -0.541. The minimum Gasteiger partial charge on any atom is -0.488 e. The topological polar surface area (TPSA) is 42.4 Å². The summed E-state index contributed by atoms with van der Waals surface area (Å²) in [6.07, 6.45) is 0.764. The molecule has 72 valence electrons. The Labute approximate surface area is 89.1 Å². The Morgan fingerprint density at radius 1 is 1.77 bits per heavy atom. The number of hydrogen-bond acceptors (Lipinski definition) is 3. The highest BCUT2D eigenvalue weighted by molar-refractivity contribution is 14.1. The van der Waals surface area contributed by atoms with Crippen LogP contribution in [-0.2, 0) is 0 Å². The first-order valence-electron chi connectivity index (χ1n) is 3.71. The summed E-state index contributed by atoms with van der Waals surface area (Å²) >= 11 is 1.95. The molecule has 1 unspecified atom stereocenters. The van der Waals surface area contributed by atoms with Crippen molar-refractivity contribution in [3.63, 3.8) is 0 Å². The van der Waals surface area contributed by atoms with Crippen LogP contribution in [0.4, 0.5) is 4.39 Å². The van der Waals surface area contributed by atoms with Gasteiger partial charge in [-0.25, -0.2) is 4.98 Å². The van der Waals surface area contributed by atoms with Gasteiger partial charge in [0.25, 0.3) is 0 Å². The Balaban J connectivity index is 2.67. The van der Waals surface area contributed by atoms with E-state index in [1.54, 1.807) is 6.92 Å². The standard InChI is InChI=1S/C8H9FINO2/c1-5(12)4-13-7-3-11-8(9)2-6(7)10/h2-3,5,12H,4H2,1H3. The lowest BCUT2D eigenvalue weighted by Gasteiger charge is -2.08. The number of aliphatic hydroxyl groups is 1. The van der Waals surface area contributed by atoms with Crippen LogP contribution in [0.5, 0.6) is 5.75 Å². The van der Waals surface area contributed by atoms with Gasteiger partial charge in [-0.15, -0.1) is 0 Å². The minimum absolute atomic E-state index is 0.184. The van der Waals surface area contributed by atoms with Crippen LogP contribution >= 0.6 is 22.6 Å². The van der Waals surface area contributed by atoms with Crippen molar-refractivity contribution in [2.45, 2.75) is 13.0 Å². The van der Waals surface area contributed by atoms with Crippen molar-refractivity contribution < 1.29 is 14.2 Å². The van der Waals surface area contributed by atoms with Gasteiger partial charge in [-0.2, -0.15) is 4.39 Å². The molecule has 1 N–H and O–H groups in total. The lowest BCUT2D eigenvalue weighted by Crippen LogP contribution is -2.13. The van der Waals surface area contributed by atoms with Gasteiger partial charge >= 0.3 is 0 Å².